The Morgan fingerprint density at radius 1 is 1.28 bits per heavy atom. The van der Waals surface area contributed by atoms with Crippen molar-refractivity contribution in [1.82, 2.24) is 4.90 Å². The Balaban J connectivity index is 1.73. The lowest BCUT2D eigenvalue weighted by atomic mass is 10.1. The van der Waals surface area contributed by atoms with Crippen molar-refractivity contribution in [1.29, 1.82) is 0 Å². The van der Waals surface area contributed by atoms with Gasteiger partial charge in [0.1, 0.15) is 5.71 Å². The second-order valence-electron chi connectivity index (χ2n) is 8.27. The molecule has 2 amide bonds. The molecule has 0 bridgehead atoms. The summed E-state index contributed by atoms with van der Waals surface area (Å²) in [4.78, 5) is 39.5. The van der Waals surface area contributed by atoms with E-state index in [0.717, 1.165) is 11.1 Å². The minimum Gasteiger partial charge on any atom is -0.448 e. The molecule has 0 aliphatic carbocycles. The molecule has 2 aliphatic heterocycles. The molecule has 2 atom stereocenters. The molecular formula is C22H29N3O6S. The molecule has 174 valence electrons. The number of carbonyl (C=O) groups is 3. The maximum absolute atomic E-state index is 12.9. The highest BCUT2D eigenvalue weighted by Gasteiger charge is 2.37. The van der Waals surface area contributed by atoms with Gasteiger partial charge in [-0.1, -0.05) is 12.1 Å². The molecule has 0 saturated carbocycles. The highest BCUT2D eigenvalue weighted by molar-refractivity contribution is 7.91. The van der Waals surface area contributed by atoms with Crippen molar-refractivity contribution < 1.29 is 27.5 Å². The van der Waals surface area contributed by atoms with E-state index in [-0.39, 0.29) is 36.0 Å². The number of esters is 1. The number of nitrogens with zero attached hydrogens (tertiary/aromatic N) is 3. The van der Waals surface area contributed by atoms with Gasteiger partial charge in [0.25, 0.3) is 5.91 Å². The number of carbonyl (C=O) groups excluding carboxylic acids is 3. The summed E-state index contributed by atoms with van der Waals surface area (Å²) >= 11 is 0. The molecule has 3 rings (SSSR count). The molecule has 0 aromatic heterocycles. The summed E-state index contributed by atoms with van der Waals surface area (Å²) in [6.07, 6.45) is -0.495. The van der Waals surface area contributed by atoms with Crippen molar-refractivity contribution in [3.05, 3.63) is 29.3 Å². The monoisotopic (exact) mass is 463 g/mol. The van der Waals surface area contributed by atoms with Crippen LogP contribution in [0.1, 0.15) is 44.2 Å². The molecule has 1 fully saturated rings. The molecule has 1 saturated heterocycles. The Kier molecular flexibility index (Phi) is 7.02. The standard InChI is InChI=1S/C22H29N3O6S/c1-5-24(17-10-11-32(29,30)13-17)21(27)16(4)31-22(28)18-8-9-20(26)25(23-18)19-12-14(2)6-7-15(19)3/h6-7,12,16-17H,5,8-11,13H2,1-4H3/t16-,17+/m0/s1. The summed E-state index contributed by atoms with van der Waals surface area (Å²) in [5, 5.41) is 5.45. The predicted molar refractivity (Wildman–Crippen MR) is 120 cm³/mol. The number of hydrogen-bond acceptors (Lipinski definition) is 7. The van der Waals surface area contributed by atoms with Crippen LogP contribution in [0.2, 0.25) is 0 Å². The quantitative estimate of drug-likeness (QED) is 0.594. The van der Waals surface area contributed by atoms with E-state index in [2.05, 4.69) is 5.10 Å². The van der Waals surface area contributed by atoms with Crippen molar-refractivity contribution in [2.24, 2.45) is 5.10 Å². The fourth-order valence-corrected chi connectivity index (χ4v) is 5.69. The van der Waals surface area contributed by atoms with Gasteiger partial charge in [0, 0.05) is 25.4 Å². The van der Waals surface area contributed by atoms with Gasteiger partial charge in [0.2, 0.25) is 5.91 Å². The Labute approximate surface area is 188 Å². The molecular weight excluding hydrogens is 434 g/mol. The Morgan fingerprint density at radius 3 is 2.62 bits per heavy atom. The maximum Gasteiger partial charge on any atom is 0.355 e. The number of ether oxygens (including phenoxy) is 1. The van der Waals surface area contributed by atoms with Gasteiger partial charge in [-0.25, -0.2) is 13.2 Å². The second-order valence-corrected chi connectivity index (χ2v) is 10.5. The average molecular weight is 464 g/mol. The van der Waals surface area contributed by atoms with E-state index in [1.54, 1.807) is 6.92 Å². The number of amides is 2. The first-order valence-corrected chi connectivity index (χ1v) is 12.5. The van der Waals surface area contributed by atoms with E-state index >= 15 is 0 Å². The zero-order valence-corrected chi connectivity index (χ0v) is 19.6. The Bertz CT molecular complexity index is 1070. The third-order valence-electron chi connectivity index (χ3n) is 5.77. The normalized spacial score (nSPS) is 21.1. The van der Waals surface area contributed by atoms with Crippen LogP contribution in [0, 0.1) is 13.8 Å². The van der Waals surface area contributed by atoms with E-state index < -0.39 is 33.9 Å². The van der Waals surface area contributed by atoms with Crippen LogP contribution in [0.3, 0.4) is 0 Å². The van der Waals surface area contributed by atoms with Crippen LogP contribution in [-0.2, 0) is 29.0 Å². The first kappa shape index (κ1) is 23.9. The maximum atomic E-state index is 12.9. The molecule has 1 aromatic rings. The summed E-state index contributed by atoms with van der Waals surface area (Å²) in [6, 6.07) is 5.21. The molecule has 0 spiro atoms. The Morgan fingerprint density at radius 2 is 2.00 bits per heavy atom. The molecule has 0 N–H and O–H groups in total. The number of rotatable bonds is 6. The van der Waals surface area contributed by atoms with Gasteiger partial charge in [-0.05, 0) is 51.3 Å². The summed E-state index contributed by atoms with van der Waals surface area (Å²) in [7, 11) is -3.15. The molecule has 2 aliphatic rings. The molecule has 9 nitrogen and oxygen atoms in total. The Hall–Kier alpha value is -2.75. The molecule has 0 unspecified atom stereocenters. The van der Waals surface area contributed by atoms with Gasteiger partial charge in [0.05, 0.1) is 17.2 Å². The van der Waals surface area contributed by atoms with Crippen molar-refractivity contribution >= 4 is 39.0 Å². The van der Waals surface area contributed by atoms with Gasteiger partial charge in [-0.3, -0.25) is 9.59 Å². The molecule has 1 aromatic carbocycles. The minimum atomic E-state index is -3.15. The van der Waals surface area contributed by atoms with Crippen LogP contribution < -0.4 is 5.01 Å². The number of hydrazone groups is 1. The van der Waals surface area contributed by atoms with Crippen LogP contribution in [0.25, 0.3) is 0 Å². The minimum absolute atomic E-state index is 0.0503. The van der Waals surface area contributed by atoms with E-state index in [1.165, 1.54) is 16.8 Å². The SMILES string of the molecule is CCN(C(=O)[C@H](C)OC(=O)C1=NN(c2cc(C)ccc2C)C(=O)CC1)[C@@H]1CCS(=O)(=O)C1. The smallest absolute Gasteiger partial charge is 0.355 e. The van der Waals surface area contributed by atoms with Crippen molar-refractivity contribution in [3.8, 4) is 0 Å². The van der Waals surface area contributed by atoms with E-state index in [4.69, 9.17) is 4.74 Å². The van der Waals surface area contributed by atoms with E-state index in [0.29, 0.717) is 18.7 Å². The number of anilines is 1. The van der Waals surface area contributed by atoms with Crippen molar-refractivity contribution in [2.45, 2.75) is 59.1 Å². The first-order valence-electron chi connectivity index (χ1n) is 10.7. The lowest BCUT2D eigenvalue weighted by Crippen LogP contribution is -2.47. The van der Waals surface area contributed by atoms with Gasteiger partial charge >= 0.3 is 5.97 Å². The lowest BCUT2D eigenvalue weighted by molar-refractivity contribution is -0.155. The predicted octanol–water partition coefficient (Wildman–Crippen LogP) is 1.75. The first-order chi connectivity index (χ1) is 15.0. The second kappa shape index (κ2) is 9.40. The highest BCUT2D eigenvalue weighted by Crippen LogP contribution is 2.26. The average Bonchev–Trinajstić information content (AvgIpc) is 3.10. The molecule has 32 heavy (non-hydrogen) atoms. The molecule has 10 heteroatoms. The number of hydrogen-bond donors (Lipinski definition) is 0. The van der Waals surface area contributed by atoms with Crippen molar-refractivity contribution in [2.75, 3.05) is 23.1 Å². The summed E-state index contributed by atoms with van der Waals surface area (Å²) in [5.41, 5.74) is 2.47. The number of benzene rings is 1. The topological polar surface area (TPSA) is 113 Å². The lowest BCUT2D eigenvalue weighted by Gasteiger charge is -2.29. The van der Waals surface area contributed by atoms with Gasteiger partial charge < -0.3 is 9.64 Å². The zero-order valence-electron chi connectivity index (χ0n) is 18.8. The fourth-order valence-electron chi connectivity index (χ4n) is 3.96. The summed E-state index contributed by atoms with van der Waals surface area (Å²) in [5.74, 6) is -1.45. The number of aryl methyl sites for hydroxylation is 2. The van der Waals surface area contributed by atoms with Gasteiger partial charge in [-0.15, -0.1) is 0 Å². The third-order valence-corrected chi connectivity index (χ3v) is 7.52. The number of likely N-dealkylation sites (N-methyl/N-ethyl adjacent to an activating group) is 1. The highest BCUT2D eigenvalue weighted by atomic mass is 32.2. The third kappa shape index (κ3) is 5.17. The van der Waals surface area contributed by atoms with Gasteiger partial charge in [-0.2, -0.15) is 10.1 Å². The zero-order chi connectivity index (χ0) is 23.6. The molecule has 2 heterocycles. The van der Waals surface area contributed by atoms with Crippen LogP contribution in [-0.4, -0.2) is 67.0 Å². The van der Waals surface area contributed by atoms with Crippen LogP contribution >= 0.6 is 0 Å². The van der Waals surface area contributed by atoms with Crippen LogP contribution in [0.4, 0.5) is 5.69 Å². The van der Waals surface area contributed by atoms with Gasteiger partial charge in [0.15, 0.2) is 15.9 Å². The van der Waals surface area contributed by atoms with E-state index in [9.17, 15) is 22.8 Å². The van der Waals surface area contributed by atoms with Crippen LogP contribution in [0.5, 0.6) is 0 Å². The molecule has 0 radical (unpaired) electrons. The number of sulfone groups is 1. The fraction of sp³-hybridized carbons (Fsp3) is 0.545. The van der Waals surface area contributed by atoms with Crippen LogP contribution in [0.15, 0.2) is 23.3 Å². The van der Waals surface area contributed by atoms with Crippen molar-refractivity contribution in [3.63, 3.8) is 0 Å². The largest absolute Gasteiger partial charge is 0.448 e. The summed E-state index contributed by atoms with van der Waals surface area (Å²) < 4.78 is 28.9. The summed E-state index contributed by atoms with van der Waals surface area (Å²) in [6.45, 7) is 7.29. The van der Waals surface area contributed by atoms with E-state index in [1.807, 2.05) is 32.0 Å².